The zero-order chi connectivity index (χ0) is 19.6. The Hall–Kier alpha value is -1.19. The summed E-state index contributed by atoms with van der Waals surface area (Å²) in [5.41, 5.74) is 0.475. The predicted octanol–water partition coefficient (Wildman–Crippen LogP) is 1.63. The van der Waals surface area contributed by atoms with Crippen LogP contribution >= 0.6 is 12.4 Å². The molecule has 158 valence electrons. The summed E-state index contributed by atoms with van der Waals surface area (Å²) in [4.78, 5) is 12.7. The number of carbonyl (C=O) groups is 1. The Balaban J connectivity index is 0.00000280. The van der Waals surface area contributed by atoms with Crippen LogP contribution in [0.5, 0.6) is 0 Å². The highest BCUT2D eigenvalue weighted by Gasteiger charge is 2.32. The van der Waals surface area contributed by atoms with Crippen molar-refractivity contribution in [1.82, 2.24) is 14.9 Å². The monoisotopic (exact) mass is 431 g/mol. The molecule has 0 aromatic heterocycles. The molecule has 7 nitrogen and oxygen atoms in total. The number of benzene rings is 1. The topological polar surface area (TPSA) is 87.7 Å². The second kappa shape index (κ2) is 9.54. The highest BCUT2D eigenvalue weighted by Crippen LogP contribution is 2.21. The lowest BCUT2D eigenvalue weighted by Gasteiger charge is -2.34. The van der Waals surface area contributed by atoms with Crippen LogP contribution in [-0.4, -0.2) is 63.1 Å². The van der Waals surface area contributed by atoms with Crippen molar-refractivity contribution in [3.8, 4) is 0 Å². The van der Waals surface area contributed by atoms with Crippen LogP contribution in [0.2, 0.25) is 0 Å². The molecule has 4 atom stereocenters. The first-order chi connectivity index (χ1) is 12.8. The van der Waals surface area contributed by atoms with Crippen LogP contribution in [-0.2, 0) is 14.8 Å². The summed E-state index contributed by atoms with van der Waals surface area (Å²) in [6.45, 7) is 8.30. The van der Waals surface area contributed by atoms with Gasteiger partial charge in [-0.25, -0.2) is 8.42 Å². The molecular formula is C19H30ClN3O4S. The minimum Gasteiger partial charge on any atom is -0.373 e. The fraction of sp³-hybridized carbons (Fsp3) is 0.632. The number of halogens is 1. The maximum absolute atomic E-state index is 12.9. The number of amides is 1. The van der Waals surface area contributed by atoms with Gasteiger partial charge in [0.25, 0.3) is 5.91 Å². The summed E-state index contributed by atoms with van der Waals surface area (Å²) < 4.78 is 32.8. The van der Waals surface area contributed by atoms with Gasteiger partial charge >= 0.3 is 0 Å². The number of hydrogen-bond acceptors (Lipinski definition) is 5. The van der Waals surface area contributed by atoms with E-state index >= 15 is 0 Å². The third-order valence-electron chi connectivity index (χ3n) is 5.24. The van der Waals surface area contributed by atoms with Crippen LogP contribution in [0, 0.1) is 5.92 Å². The molecule has 0 aliphatic carbocycles. The van der Waals surface area contributed by atoms with E-state index in [1.807, 2.05) is 13.8 Å². The van der Waals surface area contributed by atoms with Crippen molar-refractivity contribution in [1.29, 1.82) is 0 Å². The molecule has 2 aliphatic rings. The fourth-order valence-corrected chi connectivity index (χ4v) is 5.33. The lowest BCUT2D eigenvalue weighted by atomic mass is 9.95. The Bertz CT molecular complexity index is 762. The largest absolute Gasteiger partial charge is 0.373 e. The van der Waals surface area contributed by atoms with E-state index in [4.69, 9.17) is 4.74 Å². The third kappa shape index (κ3) is 5.24. The number of rotatable bonds is 4. The van der Waals surface area contributed by atoms with Gasteiger partial charge in [0, 0.05) is 24.7 Å². The number of carbonyl (C=O) groups excluding carboxylic acids is 1. The zero-order valence-corrected chi connectivity index (χ0v) is 18.2. The van der Waals surface area contributed by atoms with Gasteiger partial charge in [-0.15, -0.1) is 12.4 Å². The quantitative estimate of drug-likeness (QED) is 0.756. The highest BCUT2D eigenvalue weighted by atomic mass is 35.5. The third-order valence-corrected chi connectivity index (χ3v) is 7.09. The van der Waals surface area contributed by atoms with E-state index in [9.17, 15) is 13.2 Å². The van der Waals surface area contributed by atoms with Gasteiger partial charge in [-0.3, -0.25) is 4.79 Å². The molecular weight excluding hydrogens is 402 g/mol. The number of sulfonamides is 1. The van der Waals surface area contributed by atoms with Gasteiger partial charge in [-0.05, 0) is 63.5 Å². The van der Waals surface area contributed by atoms with Gasteiger partial charge in [0.05, 0.1) is 17.1 Å². The molecule has 2 N–H and O–H groups in total. The Kier molecular flexibility index (Phi) is 7.87. The van der Waals surface area contributed by atoms with Crippen molar-refractivity contribution in [3.05, 3.63) is 29.8 Å². The van der Waals surface area contributed by atoms with Crippen LogP contribution in [0.3, 0.4) is 0 Å². The van der Waals surface area contributed by atoms with E-state index in [1.54, 1.807) is 12.1 Å². The maximum atomic E-state index is 12.9. The molecule has 9 heteroatoms. The average molecular weight is 432 g/mol. The smallest absolute Gasteiger partial charge is 0.251 e. The molecule has 1 aromatic carbocycles. The summed E-state index contributed by atoms with van der Waals surface area (Å²) in [7, 11) is -3.59. The number of ether oxygens (including phenoxy) is 1. The van der Waals surface area contributed by atoms with Crippen LogP contribution < -0.4 is 10.6 Å². The standard InChI is InChI=1S/C19H29N3O4S.ClH/c1-13-10-20-9-8-18(13)21-19(23)16-4-6-17(7-5-16)27(24,25)22-11-14(2)26-15(3)12-22;/h4-7,13-15,18,20H,8-12H2,1-3H3,(H,21,23);1H. The zero-order valence-electron chi connectivity index (χ0n) is 16.6. The van der Waals surface area contributed by atoms with E-state index in [0.717, 1.165) is 19.5 Å². The van der Waals surface area contributed by atoms with Crippen LogP contribution in [0.15, 0.2) is 29.2 Å². The summed E-state index contributed by atoms with van der Waals surface area (Å²) in [6, 6.07) is 6.34. The van der Waals surface area contributed by atoms with Crippen molar-refractivity contribution in [2.45, 2.75) is 50.3 Å². The second-order valence-electron chi connectivity index (χ2n) is 7.65. The Labute approximate surface area is 173 Å². The van der Waals surface area contributed by atoms with Crippen molar-refractivity contribution < 1.29 is 17.9 Å². The van der Waals surface area contributed by atoms with Crippen LogP contribution in [0.1, 0.15) is 37.6 Å². The molecule has 2 aliphatic heterocycles. The Morgan fingerprint density at radius 3 is 2.32 bits per heavy atom. The van der Waals surface area contributed by atoms with E-state index in [1.165, 1.54) is 16.4 Å². The highest BCUT2D eigenvalue weighted by molar-refractivity contribution is 7.89. The summed E-state index contributed by atoms with van der Waals surface area (Å²) in [5.74, 6) is 0.207. The molecule has 1 aromatic rings. The molecule has 2 fully saturated rings. The number of nitrogens with one attached hydrogen (secondary N) is 2. The van der Waals surface area contributed by atoms with Crippen LogP contribution in [0.25, 0.3) is 0 Å². The number of nitrogens with zero attached hydrogens (tertiary/aromatic N) is 1. The molecule has 0 spiro atoms. The summed E-state index contributed by atoms with van der Waals surface area (Å²) in [6.07, 6.45) is 0.619. The first kappa shape index (κ1) is 23.1. The molecule has 1 amide bonds. The van der Waals surface area contributed by atoms with Crippen molar-refractivity contribution in [2.75, 3.05) is 26.2 Å². The first-order valence-electron chi connectivity index (χ1n) is 9.54. The second-order valence-corrected chi connectivity index (χ2v) is 9.59. The lowest BCUT2D eigenvalue weighted by molar-refractivity contribution is -0.0440. The molecule has 0 saturated carbocycles. The minimum absolute atomic E-state index is 0. The van der Waals surface area contributed by atoms with Crippen molar-refractivity contribution >= 4 is 28.3 Å². The predicted molar refractivity (Wildman–Crippen MR) is 110 cm³/mol. The van der Waals surface area contributed by atoms with E-state index in [0.29, 0.717) is 24.6 Å². The molecule has 0 bridgehead atoms. The van der Waals surface area contributed by atoms with E-state index in [2.05, 4.69) is 17.6 Å². The normalized spacial score (nSPS) is 29.0. The maximum Gasteiger partial charge on any atom is 0.251 e. The minimum atomic E-state index is -3.59. The van der Waals surface area contributed by atoms with Gasteiger partial charge in [0.2, 0.25) is 10.0 Å². The molecule has 2 saturated heterocycles. The number of hydrogen-bond donors (Lipinski definition) is 2. The number of morpholine rings is 1. The van der Waals surface area contributed by atoms with Gasteiger partial charge < -0.3 is 15.4 Å². The summed E-state index contributed by atoms with van der Waals surface area (Å²) >= 11 is 0. The van der Waals surface area contributed by atoms with Gasteiger partial charge in [0.15, 0.2) is 0 Å². The summed E-state index contributed by atoms with van der Waals surface area (Å²) in [5, 5.41) is 6.37. The molecule has 0 radical (unpaired) electrons. The number of piperidine rings is 1. The average Bonchev–Trinajstić information content (AvgIpc) is 2.63. The first-order valence-corrected chi connectivity index (χ1v) is 11.0. The van der Waals surface area contributed by atoms with Gasteiger partial charge in [0.1, 0.15) is 0 Å². The van der Waals surface area contributed by atoms with E-state index < -0.39 is 10.0 Å². The fourth-order valence-electron chi connectivity index (χ4n) is 3.73. The lowest BCUT2D eigenvalue weighted by Crippen LogP contribution is -2.48. The van der Waals surface area contributed by atoms with Gasteiger partial charge in [-0.1, -0.05) is 6.92 Å². The van der Waals surface area contributed by atoms with E-state index in [-0.39, 0.29) is 41.5 Å². The van der Waals surface area contributed by atoms with Crippen LogP contribution in [0.4, 0.5) is 0 Å². The Morgan fingerprint density at radius 2 is 1.75 bits per heavy atom. The molecule has 4 unspecified atom stereocenters. The SMILES string of the molecule is CC1CN(S(=O)(=O)c2ccc(C(=O)NC3CCNCC3C)cc2)CC(C)O1.Cl. The Morgan fingerprint density at radius 1 is 1.14 bits per heavy atom. The molecule has 3 rings (SSSR count). The van der Waals surface area contributed by atoms with Gasteiger partial charge in [-0.2, -0.15) is 4.31 Å². The van der Waals surface area contributed by atoms with Crippen molar-refractivity contribution in [3.63, 3.8) is 0 Å². The molecule has 28 heavy (non-hydrogen) atoms. The molecule has 2 heterocycles. The van der Waals surface area contributed by atoms with Crippen molar-refractivity contribution in [2.24, 2.45) is 5.92 Å².